The van der Waals surface area contributed by atoms with Crippen molar-refractivity contribution in [3.8, 4) is 0 Å². The molecular formula is C12H10BrNO3. The van der Waals surface area contributed by atoms with Crippen molar-refractivity contribution in [2.75, 3.05) is 11.9 Å². The van der Waals surface area contributed by atoms with Crippen molar-refractivity contribution in [1.29, 1.82) is 0 Å². The van der Waals surface area contributed by atoms with E-state index in [0.717, 1.165) is 5.33 Å². The number of carbonyl (C=O) groups is 2. The van der Waals surface area contributed by atoms with Crippen LogP contribution in [0.2, 0.25) is 0 Å². The van der Waals surface area contributed by atoms with Crippen molar-refractivity contribution in [2.45, 2.75) is 12.2 Å². The smallest absolute Gasteiger partial charge is 0.261 e. The highest BCUT2D eigenvalue weighted by Gasteiger charge is 2.44. The SMILES string of the molecule is O=C1c2ccccc2C(=O)N1CC1OC1CBr. The highest BCUT2D eigenvalue weighted by molar-refractivity contribution is 9.09. The molecule has 3 rings (SSSR count). The minimum absolute atomic E-state index is 0.0170. The molecule has 0 bridgehead atoms. The molecular weight excluding hydrogens is 286 g/mol. The fraction of sp³-hybridized carbons (Fsp3) is 0.333. The van der Waals surface area contributed by atoms with Crippen molar-refractivity contribution in [1.82, 2.24) is 4.90 Å². The van der Waals surface area contributed by atoms with E-state index < -0.39 is 0 Å². The number of hydrogen-bond acceptors (Lipinski definition) is 3. The summed E-state index contributed by atoms with van der Waals surface area (Å²) < 4.78 is 5.33. The largest absolute Gasteiger partial charge is 0.367 e. The Labute approximate surface area is 107 Å². The molecule has 1 fully saturated rings. The predicted molar refractivity (Wildman–Crippen MR) is 64.3 cm³/mol. The van der Waals surface area contributed by atoms with Crippen LogP contribution in [0.25, 0.3) is 0 Å². The first-order valence-corrected chi connectivity index (χ1v) is 6.51. The van der Waals surface area contributed by atoms with Crippen LogP contribution in [-0.2, 0) is 4.74 Å². The lowest BCUT2D eigenvalue weighted by atomic mass is 10.1. The molecule has 2 aliphatic rings. The van der Waals surface area contributed by atoms with E-state index >= 15 is 0 Å². The van der Waals surface area contributed by atoms with Gasteiger partial charge in [-0.15, -0.1) is 0 Å². The van der Waals surface area contributed by atoms with Gasteiger partial charge in [0.25, 0.3) is 11.8 Å². The van der Waals surface area contributed by atoms with Gasteiger partial charge in [0.1, 0.15) is 6.10 Å². The molecule has 1 saturated heterocycles. The molecule has 2 unspecified atom stereocenters. The van der Waals surface area contributed by atoms with Crippen LogP contribution >= 0.6 is 15.9 Å². The summed E-state index contributed by atoms with van der Waals surface area (Å²) in [4.78, 5) is 25.3. The summed E-state index contributed by atoms with van der Waals surface area (Å²) in [6, 6.07) is 6.90. The molecule has 0 aliphatic carbocycles. The van der Waals surface area contributed by atoms with E-state index in [4.69, 9.17) is 4.74 Å². The molecule has 0 N–H and O–H groups in total. The molecule has 0 spiro atoms. The number of fused-ring (bicyclic) bond motifs is 1. The van der Waals surface area contributed by atoms with Crippen molar-refractivity contribution >= 4 is 27.7 Å². The summed E-state index contributed by atoms with van der Waals surface area (Å²) in [6.07, 6.45) is 0.107. The molecule has 4 nitrogen and oxygen atoms in total. The number of epoxide rings is 1. The highest BCUT2D eigenvalue weighted by atomic mass is 79.9. The summed E-state index contributed by atoms with van der Waals surface area (Å²) in [7, 11) is 0. The molecule has 2 atom stereocenters. The molecule has 0 saturated carbocycles. The maximum Gasteiger partial charge on any atom is 0.261 e. The van der Waals surface area contributed by atoms with Gasteiger partial charge in [-0.1, -0.05) is 28.1 Å². The monoisotopic (exact) mass is 295 g/mol. The van der Waals surface area contributed by atoms with Gasteiger partial charge in [-0.25, -0.2) is 0 Å². The molecule has 2 amide bonds. The Kier molecular flexibility index (Phi) is 2.52. The Morgan fingerprint density at radius 3 is 2.18 bits per heavy atom. The first kappa shape index (κ1) is 10.9. The van der Waals surface area contributed by atoms with Crippen molar-refractivity contribution in [3.05, 3.63) is 35.4 Å². The van der Waals surface area contributed by atoms with Crippen LogP contribution in [0.5, 0.6) is 0 Å². The lowest BCUT2D eigenvalue weighted by Crippen LogP contribution is -2.33. The Morgan fingerprint density at radius 2 is 1.71 bits per heavy atom. The summed E-state index contributed by atoms with van der Waals surface area (Å²) in [5, 5.41) is 0.737. The third-order valence-corrected chi connectivity index (χ3v) is 3.72. The Bertz CT molecular complexity index is 467. The molecule has 0 radical (unpaired) electrons. The van der Waals surface area contributed by atoms with Crippen LogP contribution in [0.4, 0.5) is 0 Å². The lowest BCUT2D eigenvalue weighted by Gasteiger charge is -2.11. The minimum Gasteiger partial charge on any atom is -0.367 e. The lowest BCUT2D eigenvalue weighted by molar-refractivity contribution is 0.0642. The predicted octanol–water partition coefficient (Wildman–Crippen LogP) is 1.44. The second-order valence-corrected chi connectivity index (χ2v) is 4.78. The molecule has 2 heterocycles. The Balaban J connectivity index is 1.81. The summed E-state index contributed by atoms with van der Waals surface area (Å²) in [5.74, 6) is -0.427. The number of rotatable bonds is 3. The molecule has 88 valence electrons. The zero-order valence-electron chi connectivity index (χ0n) is 8.93. The summed E-state index contributed by atoms with van der Waals surface area (Å²) >= 11 is 3.31. The first-order chi connectivity index (χ1) is 8.22. The number of ether oxygens (including phenoxy) is 1. The molecule has 0 aromatic heterocycles. The van der Waals surface area contributed by atoms with E-state index in [-0.39, 0.29) is 24.0 Å². The molecule has 2 aliphatic heterocycles. The van der Waals surface area contributed by atoms with E-state index in [1.54, 1.807) is 24.3 Å². The van der Waals surface area contributed by atoms with Gasteiger partial charge in [-0.05, 0) is 12.1 Å². The summed E-state index contributed by atoms with van der Waals surface area (Å²) in [6.45, 7) is 0.350. The molecule has 1 aromatic carbocycles. The van der Waals surface area contributed by atoms with Crippen LogP contribution in [0.1, 0.15) is 20.7 Å². The van der Waals surface area contributed by atoms with E-state index in [1.165, 1.54) is 4.90 Å². The van der Waals surface area contributed by atoms with Gasteiger partial charge >= 0.3 is 0 Å². The number of hydrogen-bond donors (Lipinski definition) is 0. The number of carbonyl (C=O) groups excluding carboxylic acids is 2. The van der Waals surface area contributed by atoms with Crippen LogP contribution < -0.4 is 0 Å². The molecule has 5 heteroatoms. The second kappa shape index (κ2) is 3.92. The third-order valence-electron chi connectivity index (χ3n) is 3.08. The van der Waals surface area contributed by atoms with E-state index in [0.29, 0.717) is 17.7 Å². The number of nitrogens with zero attached hydrogens (tertiary/aromatic N) is 1. The van der Waals surface area contributed by atoms with Crippen molar-refractivity contribution in [2.24, 2.45) is 0 Å². The number of halogens is 1. The molecule has 17 heavy (non-hydrogen) atoms. The van der Waals surface area contributed by atoms with E-state index in [2.05, 4.69) is 15.9 Å². The van der Waals surface area contributed by atoms with Crippen LogP contribution in [0.15, 0.2) is 24.3 Å². The third kappa shape index (κ3) is 1.70. The normalized spacial score (nSPS) is 26.3. The van der Waals surface area contributed by atoms with Gasteiger partial charge in [0.2, 0.25) is 0 Å². The maximum absolute atomic E-state index is 12.0. The number of benzene rings is 1. The fourth-order valence-corrected chi connectivity index (χ4v) is 2.63. The van der Waals surface area contributed by atoms with Gasteiger partial charge in [0.05, 0.1) is 23.8 Å². The van der Waals surface area contributed by atoms with E-state index in [1.807, 2.05) is 0 Å². The van der Waals surface area contributed by atoms with Gasteiger partial charge in [-0.2, -0.15) is 0 Å². The quantitative estimate of drug-likeness (QED) is 0.482. The van der Waals surface area contributed by atoms with Gasteiger partial charge in [0, 0.05) is 5.33 Å². The first-order valence-electron chi connectivity index (χ1n) is 5.39. The van der Waals surface area contributed by atoms with E-state index in [9.17, 15) is 9.59 Å². The second-order valence-electron chi connectivity index (χ2n) is 4.13. The standard InChI is InChI=1S/C12H10BrNO3/c13-5-9-10(17-9)6-14-11(15)7-3-1-2-4-8(7)12(14)16/h1-4,9-10H,5-6H2. The maximum atomic E-state index is 12.0. The minimum atomic E-state index is -0.213. The summed E-state index contributed by atoms with van der Waals surface area (Å²) in [5.41, 5.74) is 0.988. The topological polar surface area (TPSA) is 49.9 Å². The Morgan fingerprint density at radius 1 is 1.12 bits per heavy atom. The average Bonchev–Trinajstić information content (AvgIpc) is 3.08. The van der Waals surface area contributed by atoms with Crippen LogP contribution in [0, 0.1) is 0 Å². The number of imide groups is 1. The van der Waals surface area contributed by atoms with Crippen molar-refractivity contribution < 1.29 is 14.3 Å². The van der Waals surface area contributed by atoms with Gasteiger partial charge in [0.15, 0.2) is 0 Å². The average molecular weight is 296 g/mol. The zero-order chi connectivity index (χ0) is 12.0. The fourth-order valence-electron chi connectivity index (χ4n) is 2.06. The van der Waals surface area contributed by atoms with Crippen molar-refractivity contribution in [3.63, 3.8) is 0 Å². The molecule has 1 aromatic rings. The van der Waals surface area contributed by atoms with Gasteiger partial charge < -0.3 is 4.74 Å². The number of alkyl halides is 1. The van der Waals surface area contributed by atoms with Gasteiger partial charge in [-0.3, -0.25) is 14.5 Å². The Hall–Kier alpha value is -1.20. The highest BCUT2D eigenvalue weighted by Crippen LogP contribution is 2.29. The van der Waals surface area contributed by atoms with Crippen LogP contribution in [-0.4, -0.2) is 40.8 Å². The number of amides is 2. The zero-order valence-corrected chi connectivity index (χ0v) is 10.5. The van der Waals surface area contributed by atoms with Crippen LogP contribution in [0.3, 0.4) is 0 Å².